The number of hydrogen-bond donors (Lipinski definition) is 3. The lowest BCUT2D eigenvalue weighted by molar-refractivity contribution is -0.139. The van der Waals surface area contributed by atoms with Crippen molar-refractivity contribution >= 4 is 17.8 Å². The van der Waals surface area contributed by atoms with Gasteiger partial charge in [0.2, 0.25) is 5.91 Å². The smallest absolute Gasteiger partial charge is 0.434 e. The van der Waals surface area contributed by atoms with Crippen molar-refractivity contribution in [1.82, 2.24) is 15.1 Å². The summed E-state index contributed by atoms with van der Waals surface area (Å²) in [6, 6.07) is 0. The molecule has 0 unspecified atom stereocenters. The Morgan fingerprint density at radius 1 is 1.29 bits per heavy atom. The number of nitrogens with zero attached hydrogens (tertiary/aromatic N) is 2. The number of carbonyl (C=O) groups excluding carboxylic acids is 1. The fourth-order valence-corrected chi connectivity index (χ4v) is 3.86. The van der Waals surface area contributed by atoms with Gasteiger partial charge in [-0.3, -0.25) is 4.79 Å². The second-order valence-electron chi connectivity index (χ2n) is 8.49. The fourth-order valence-electron chi connectivity index (χ4n) is 3.86. The number of aromatic nitrogens is 2. The molecule has 7 nitrogen and oxygen atoms in total. The minimum atomic E-state index is -1.19. The number of hydrogen-bond acceptors (Lipinski definition) is 4. The maximum absolute atomic E-state index is 13.0. The lowest BCUT2D eigenvalue weighted by atomic mass is 9.54. The van der Waals surface area contributed by atoms with E-state index in [4.69, 9.17) is 0 Å². The number of anilines is 1. The number of carboxylic acid groups (broad SMARTS) is 1. The van der Waals surface area contributed by atoms with E-state index in [-0.39, 0.29) is 17.1 Å². The van der Waals surface area contributed by atoms with Gasteiger partial charge in [-0.15, -0.1) is 4.68 Å². The van der Waals surface area contributed by atoms with Crippen molar-refractivity contribution in [3.63, 3.8) is 0 Å². The Morgan fingerprint density at radius 2 is 1.92 bits per heavy atom. The zero-order chi connectivity index (χ0) is 17.9. The van der Waals surface area contributed by atoms with E-state index >= 15 is 0 Å². The molecular weight excluding hydrogens is 308 g/mol. The number of fused-ring (bicyclic) bond motifs is 1. The standard InChI is InChI=1S/C17H26N4O3/c1-15(2,3)17(7-6-8-17)13(22)19-12-10-9-18-16(4,5)11(10)20-21(12)14(23)24/h18H,6-9H2,1-5H3,(H,19,22)(H,23,24). The quantitative estimate of drug-likeness (QED) is 0.773. The molecule has 0 radical (unpaired) electrons. The van der Waals surface area contributed by atoms with Gasteiger partial charge in [0.25, 0.3) is 0 Å². The predicted octanol–water partition coefficient (Wildman–Crippen LogP) is 2.90. The minimum absolute atomic E-state index is 0.101. The van der Waals surface area contributed by atoms with E-state index in [1.54, 1.807) is 0 Å². The average molecular weight is 334 g/mol. The van der Waals surface area contributed by atoms with Crippen molar-refractivity contribution in [2.75, 3.05) is 5.32 Å². The van der Waals surface area contributed by atoms with E-state index < -0.39 is 17.0 Å². The summed E-state index contributed by atoms with van der Waals surface area (Å²) in [4.78, 5) is 24.6. The Bertz CT molecular complexity index is 708. The van der Waals surface area contributed by atoms with Crippen molar-refractivity contribution < 1.29 is 14.7 Å². The molecule has 1 aromatic rings. The molecule has 3 N–H and O–H groups in total. The van der Waals surface area contributed by atoms with Gasteiger partial charge in [-0.05, 0) is 32.1 Å². The summed E-state index contributed by atoms with van der Waals surface area (Å²) in [5.41, 5.74) is 0.407. The largest absolute Gasteiger partial charge is 0.463 e. The third-order valence-corrected chi connectivity index (χ3v) is 5.77. The molecule has 1 amide bonds. The van der Waals surface area contributed by atoms with Gasteiger partial charge in [-0.25, -0.2) is 4.79 Å². The molecule has 1 aliphatic carbocycles. The molecule has 3 rings (SSSR count). The fraction of sp³-hybridized carbons (Fsp3) is 0.706. The Kier molecular flexibility index (Phi) is 3.57. The molecule has 24 heavy (non-hydrogen) atoms. The van der Waals surface area contributed by atoms with Crippen LogP contribution in [0.25, 0.3) is 0 Å². The lowest BCUT2D eigenvalue weighted by Gasteiger charge is -2.49. The van der Waals surface area contributed by atoms with Crippen LogP contribution >= 0.6 is 0 Å². The molecule has 0 spiro atoms. The first-order chi connectivity index (χ1) is 11.0. The zero-order valence-corrected chi connectivity index (χ0v) is 15.0. The number of amides is 1. The second-order valence-corrected chi connectivity index (χ2v) is 8.49. The highest BCUT2D eigenvalue weighted by Gasteiger charge is 2.53. The van der Waals surface area contributed by atoms with Crippen LogP contribution in [0.5, 0.6) is 0 Å². The molecule has 2 aliphatic rings. The SMILES string of the molecule is CC1(C)NCc2c1nn(C(=O)O)c2NC(=O)C1(C(C)(C)C)CCC1. The van der Waals surface area contributed by atoms with Crippen molar-refractivity contribution in [1.29, 1.82) is 0 Å². The second kappa shape index (κ2) is 5.05. The molecule has 1 aromatic heterocycles. The van der Waals surface area contributed by atoms with Crippen LogP contribution in [0.1, 0.15) is 65.1 Å². The molecule has 1 fully saturated rings. The topological polar surface area (TPSA) is 96.2 Å². The van der Waals surface area contributed by atoms with E-state index in [0.29, 0.717) is 12.2 Å². The summed E-state index contributed by atoms with van der Waals surface area (Å²) in [7, 11) is 0. The van der Waals surface area contributed by atoms with Gasteiger partial charge in [0.1, 0.15) is 5.82 Å². The van der Waals surface area contributed by atoms with E-state index in [2.05, 4.69) is 36.5 Å². The Balaban J connectivity index is 1.99. The summed E-state index contributed by atoms with van der Waals surface area (Å²) in [6.45, 7) is 10.6. The van der Waals surface area contributed by atoms with Crippen molar-refractivity contribution in [3.8, 4) is 0 Å². The molecule has 0 saturated heterocycles. The highest BCUT2D eigenvalue weighted by atomic mass is 16.4. The maximum Gasteiger partial charge on any atom is 0.434 e. The van der Waals surface area contributed by atoms with Crippen LogP contribution in [0.3, 0.4) is 0 Å². The molecular formula is C17H26N4O3. The van der Waals surface area contributed by atoms with Gasteiger partial charge in [0.05, 0.1) is 16.6 Å². The highest BCUT2D eigenvalue weighted by molar-refractivity contribution is 5.97. The third kappa shape index (κ3) is 2.25. The summed E-state index contributed by atoms with van der Waals surface area (Å²) in [5, 5.41) is 19.9. The van der Waals surface area contributed by atoms with E-state index in [0.717, 1.165) is 29.5 Å². The Labute approximate surface area is 141 Å². The van der Waals surface area contributed by atoms with Crippen LogP contribution in [-0.4, -0.2) is 26.9 Å². The molecule has 0 atom stereocenters. The monoisotopic (exact) mass is 334 g/mol. The van der Waals surface area contributed by atoms with Crippen molar-refractivity contribution in [2.45, 2.75) is 66.0 Å². The number of carbonyl (C=O) groups is 2. The minimum Gasteiger partial charge on any atom is -0.463 e. The van der Waals surface area contributed by atoms with Gasteiger partial charge in [-0.1, -0.05) is 27.2 Å². The van der Waals surface area contributed by atoms with E-state index in [9.17, 15) is 14.7 Å². The van der Waals surface area contributed by atoms with Gasteiger partial charge < -0.3 is 15.7 Å². The molecule has 1 aliphatic heterocycles. The number of rotatable bonds is 2. The van der Waals surface area contributed by atoms with Crippen LogP contribution in [0.15, 0.2) is 0 Å². The molecule has 0 bridgehead atoms. The van der Waals surface area contributed by atoms with Crippen LogP contribution in [0.4, 0.5) is 10.6 Å². The lowest BCUT2D eigenvalue weighted by Crippen LogP contribution is -2.51. The summed E-state index contributed by atoms with van der Waals surface area (Å²) >= 11 is 0. The Hall–Kier alpha value is -1.89. The van der Waals surface area contributed by atoms with Crippen LogP contribution in [-0.2, 0) is 16.9 Å². The van der Waals surface area contributed by atoms with Crippen molar-refractivity contribution in [2.24, 2.45) is 10.8 Å². The average Bonchev–Trinajstić information content (AvgIpc) is 2.85. The predicted molar refractivity (Wildman–Crippen MR) is 89.9 cm³/mol. The zero-order valence-electron chi connectivity index (χ0n) is 15.0. The van der Waals surface area contributed by atoms with Gasteiger partial charge in [0, 0.05) is 12.1 Å². The summed E-state index contributed by atoms with van der Waals surface area (Å²) < 4.78 is 0.903. The van der Waals surface area contributed by atoms with Gasteiger partial charge in [0.15, 0.2) is 0 Å². The summed E-state index contributed by atoms with van der Waals surface area (Å²) in [6.07, 6.45) is 1.49. The molecule has 132 valence electrons. The van der Waals surface area contributed by atoms with Crippen LogP contribution in [0.2, 0.25) is 0 Å². The molecule has 1 saturated carbocycles. The normalized spacial score (nSPS) is 21.0. The maximum atomic E-state index is 13.0. The first kappa shape index (κ1) is 17.0. The summed E-state index contributed by atoms with van der Waals surface area (Å²) in [5.74, 6) is 0.187. The first-order valence-electron chi connectivity index (χ1n) is 8.42. The van der Waals surface area contributed by atoms with E-state index in [1.165, 1.54) is 0 Å². The third-order valence-electron chi connectivity index (χ3n) is 5.77. The highest BCUT2D eigenvalue weighted by Crippen LogP contribution is 2.54. The van der Waals surface area contributed by atoms with Crippen LogP contribution < -0.4 is 10.6 Å². The molecule has 7 heteroatoms. The molecule has 2 heterocycles. The Morgan fingerprint density at radius 3 is 2.38 bits per heavy atom. The van der Waals surface area contributed by atoms with Gasteiger partial charge in [-0.2, -0.15) is 5.10 Å². The van der Waals surface area contributed by atoms with Crippen LogP contribution in [0, 0.1) is 10.8 Å². The van der Waals surface area contributed by atoms with Crippen molar-refractivity contribution in [3.05, 3.63) is 11.3 Å². The molecule has 0 aromatic carbocycles. The van der Waals surface area contributed by atoms with E-state index in [1.807, 2.05) is 13.8 Å². The first-order valence-corrected chi connectivity index (χ1v) is 8.42. The number of nitrogens with one attached hydrogen (secondary N) is 2. The van der Waals surface area contributed by atoms with Gasteiger partial charge >= 0.3 is 6.09 Å².